The monoisotopic (exact) mass is 493 g/mol. The van der Waals surface area contributed by atoms with Crippen LogP contribution in [0.2, 0.25) is 0 Å². The first-order valence-electron chi connectivity index (χ1n) is 9.11. The van der Waals surface area contributed by atoms with E-state index in [0.29, 0.717) is 25.3 Å². The number of rotatable bonds is 8. The lowest BCUT2D eigenvalue weighted by atomic mass is 10.2. The number of hydrogen-bond acceptors (Lipinski definition) is 5. The van der Waals surface area contributed by atoms with Crippen molar-refractivity contribution in [3.63, 3.8) is 0 Å². The molecule has 2 N–H and O–H groups in total. The number of hydrogen-bond donors (Lipinski definition) is 2. The van der Waals surface area contributed by atoms with Crippen molar-refractivity contribution in [1.82, 2.24) is 15.6 Å². The van der Waals surface area contributed by atoms with Gasteiger partial charge in [-0.05, 0) is 38.3 Å². The summed E-state index contributed by atoms with van der Waals surface area (Å²) in [6.45, 7) is 4.85. The molecule has 1 unspecified atom stereocenters. The van der Waals surface area contributed by atoms with E-state index in [1.165, 1.54) is 13.2 Å². The number of esters is 1. The minimum atomic E-state index is -0.292. The normalized spacial score (nSPS) is 16.6. The van der Waals surface area contributed by atoms with Crippen LogP contribution in [0.25, 0.3) is 0 Å². The summed E-state index contributed by atoms with van der Waals surface area (Å²) in [7, 11) is 1.40. The predicted octanol–water partition coefficient (Wildman–Crippen LogP) is 2.32. The highest BCUT2D eigenvalue weighted by Gasteiger charge is 2.25. The first-order valence-corrected chi connectivity index (χ1v) is 9.11. The molecule has 1 aliphatic heterocycles. The number of unbranched alkanes of at least 4 members (excludes halogenated alkanes) is 1. The Labute approximate surface area is 177 Å². The average Bonchev–Trinajstić information content (AvgIpc) is 3.10. The van der Waals surface area contributed by atoms with Crippen molar-refractivity contribution in [2.45, 2.75) is 38.6 Å². The molecule has 2 heterocycles. The maximum absolute atomic E-state index is 13.9. The maximum Gasteiger partial charge on any atom is 0.305 e. The number of halogens is 2. The molecule has 1 fully saturated rings. The largest absolute Gasteiger partial charge is 0.469 e. The number of nitrogens with zero attached hydrogens (tertiary/aromatic N) is 3. The highest BCUT2D eigenvalue weighted by Crippen LogP contribution is 2.20. The smallest absolute Gasteiger partial charge is 0.305 e. The van der Waals surface area contributed by atoms with Crippen LogP contribution >= 0.6 is 24.0 Å². The van der Waals surface area contributed by atoms with Gasteiger partial charge < -0.3 is 20.3 Å². The molecule has 2 rings (SSSR count). The van der Waals surface area contributed by atoms with E-state index in [9.17, 15) is 9.18 Å². The topological polar surface area (TPSA) is 78.8 Å². The number of nitrogens with one attached hydrogen (secondary N) is 2. The number of pyridine rings is 1. The molecule has 0 radical (unpaired) electrons. The molecule has 7 nitrogen and oxygen atoms in total. The molecule has 9 heteroatoms. The Balaban J connectivity index is 0.00000364. The molecular weight excluding hydrogens is 464 g/mol. The molecule has 0 aromatic carbocycles. The van der Waals surface area contributed by atoms with Crippen LogP contribution in [-0.2, 0) is 9.53 Å². The molecule has 1 aliphatic rings. The fourth-order valence-corrected chi connectivity index (χ4v) is 2.87. The van der Waals surface area contributed by atoms with Gasteiger partial charge in [0.25, 0.3) is 0 Å². The van der Waals surface area contributed by atoms with Crippen molar-refractivity contribution in [2.75, 3.05) is 38.2 Å². The van der Waals surface area contributed by atoms with Gasteiger partial charge in [-0.25, -0.2) is 9.37 Å². The summed E-state index contributed by atoms with van der Waals surface area (Å²) in [4.78, 5) is 21.7. The van der Waals surface area contributed by atoms with Crippen molar-refractivity contribution in [1.29, 1.82) is 0 Å². The molecule has 0 spiro atoms. The van der Waals surface area contributed by atoms with Gasteiger partial charge in [-0.1, -0.05) is 0 Å². The minimum Gasteiger partial charge on any atom is -0.469 e. The van der Waals surface area contributed by atoms with E-state index in [0.717, 1.165) is 38.3 Å². The summed E-state index contributed by atoms with van der Waals surface area (Å²) in [5.41, 5.74) is 0. The summed E-state index contributed by atoms with van der Waals surface area (Å²) in [6, 6.07) is 3.22. The molecular formula is C18H29FIN5O2. The number of methoxy groups -OCH3 is 1. The number of aromatic nitrogens is 1. The quantitative estimate of drug-likeness (QED) is 0.190. The summed E-state index contributed by atoms with van der Waals surface area (Å²) in [5.74, 6) is 0.673. The number of ether oxygens (including phenoxy) is 1. The molecule has 0 aliphatic carbocycles. The van der Waals surface area contributed by atoms with Crippen LogP contribution < -0.4 is 15.5 Å². The fourth-order valence-electron chi connectivity index (χ4n) is 2.87. The number of anilines is 1. The zero-order valence-corrected chi connectivity index (χ0v) is 18.2. The van der Waals surface area contributed by atoms with E-state index in [-0.39, 0.29) is 41.8 Å². The van der Waals surface area contributed by atoms with Crippen LogP contribution in [0, 0.1) is 5.82 Å². The van der Waals surface area contributed by atoms with E-state index < -0.39 is 0 Å². The lowest BCUT2D eigenvalue weighted by Crippen LogP contribution is -2.44. The van der Waals surface area contributed by atoms with E-state index in [1.54, 1.807) is 12.3 Å². The second-order valence-corrected chi connectivity index (χ2v) is 6.18. The molecule has 0 saturated carbocycles. The van der Waals surface area contributed by atoms with Gasteiger partial charge in [0, 0.05) is 44.8 Å². The van der Waals surface area contributed by atoms with Crippen LogP contribution in [-0.4, -0.2) is 56.2 Å². The number of guanidine groups is 1. The van der Waals surface area contributed by atoms with E-state index in [2.05, 4.69) is 25.3 Å². The van der Waals surface area contributed by atoms with Crippen molar-refractivity contribution >= 4 is 41.7 Å². The lowest BCUT2D eigenvalue weighted by molar-refractivity contribution is -0.140. The summed E-state index contributed by atoms with van der Waals surface area (Å²) < 4.78 is 18.5. The Bertz CT molecular complexity index is 617. The maximum atomic E-state index is 13.9. The summed E-state index contributed by atoms with van der Waals surface area (Å²) in [5, 5.41) is 6.63. The van der Waals surface area contributed by atoms with E-state index >= 15 is 0 Å². The minimum absolute atomic E-state index is 0. The highest BCUT2D eigenvalue weighted by atomic mass is 127. The van der Waals surface area contributed by atoms with Gasteiger partial charge in [0.2, 0.25) is 0 Å². The molecule has 27 heavy (non-hydrogen) atoms. The Kier molecular flexibility index (Phi) is 11.0. The van der Waals surface area contributed by atoms with Crippen molar-refractivity contribution in [2.24, 2.45) is 4.99 Å². The third kappa shape index (κ3) is 7.86. The molecule has 152 valence electrons. The number of aliphatic imine (C=N–C) groups is 1. The van der Waals surface area contributed by atoms with Crippen LogP contribution in [0.3, 0.4) is 0 Å². The second-order valence-electron chi connectivity index (χ2n) is 6.18. The van der Waals surface area contributed by atoms with Crippen LogP contribution in [0.5, 0.6) is 0 Å². The fraction of sp³-hybridized carbons (Fsp3) is 0.611. The molecule has 1 aromatic rings. The zero-order valence-electron chi connectivity index (χ0n) is 15.9. The molecule has 1 aromatic heterocycles. The van der Waals surface area contributed by atoms with Crippen LogP contribution in [0.1, 0.15) is 32.6 Å². The van der Waals surface area contributed by atoms with Crippen molar-refractivity contribution < 1.29 is 13.9 Å². The number of carbonyl (C=O) groups excluding carboxylic acids is 1. The molecule has 1 saturated heterocycles. The third-order valence-corrected chi connectivity index (χ3v) is 4.20. The Morgan fingerprint density at radius 2 is 2.30 bits per heavy atom. The van der Waals surface area contributed by atoms with Crippen LogP contribution in [0.15, 0.2) is 23.3 Å². The highest BCUT2D eigenvalue weighted by molar-refractivity contribution is 14.0. The van der Waals surface area contributed by atoms with Gasteiger partial charge in [0.05, 0.1) is 7.11 Å². The lowest BCUT2D eigenvalue weighted by Gasteiger charge is -2.19. The van der Waals surface area contributed by atoms with Crippen molar-refractivity contribution in [3.8, 4) is 0 Å². The van der Waals surface area contributed by atoms with Gasteiger partial charge in [-0.15, -0.1) is 24.0 Å². The average molecular weight is 493 g/mol. The SMILES string of the molecule is CCNC(=NCCCCC(=O)OC)NC1CCN(c2ncccc2F)C1.I. The van der Waals surface area contributed by atoms with E-state index in [1.807, 2.05) is 11.8 Å². The Hall–Kier alpha value is -1.65. The van der Waals surface area contributed by atoms with Gasteiger partial charge in [-0.2, -0.15) is 0 Å². The zero-order chi connectivity index (χ0) is 18.8. The summed E-state index contributed by atoms with van der Waals surface area (Å²) in [6.07, 6.45) is 4.50. The first kappa shape index (κ1) is 23.4. The standard InChI is InChI=1S/C18H28FN5O2.HI/c1-3-20-18(22-10-5-4-8-16(25)26-2)23-14-9-12-24(13-14)17-15(19)7-6-11-21-17;/h6-7,11,14H,3-5,8-10,12-13H2,1-2H3,(H2,20,22,23);1H. The third-order valence-electron chi connectivity index (χ3n) is 4.20. The second kappa shape index (κ2) is 12.7. The number of carbonyl (C=O) groups is 1. The first-order chi connectivity index (χ1) is 12.6. The molecule has 0 bridgehead atoms. The van der Waals surface area contributed by atoms with E-state index in [4.69, 9.17) is 0 Å². The van der Waals surface area contributed by atoms with Gasteiger partial charge in [0.1, 0.15) is 0 Å². The predicted molar refractivity (Wildman–Crippen MR) is 115 cm³/mol. The Morgan fingerprint density at radius 1 is 1.48 bits per heavy atom. The van der Waals surface area contributed by atoms with Crippen molar-refractivity contribution in [3.05, 3.63) is 24.1 Å². The molecule has 1 atom stereocenters. The van der Waals surface area contributed by atoms with Crippen LogP contribution in [0.4, 0.5) is 10.2 Å². The van der Waals surface area contributed by atoms with Gasteiger partial charge >= 0.3 is 5.97 Å². The molecule has 0 amide bonds. The van der Waals surface area contributed by atoms with Gasteiger partial charge in [0.15, 0.2) is 17.6 Å². The summed E-state index contributed by atoms with van der Waals surface area (Å²) >= 11 is 0. The van der Waals surface area contributed by atoms with Gasteiger partial charge in [-0.3, -0.25) is 9.79 Å². The Morgan fingerprint density at radius 3 is 3.00 bits per heavy atom.